The average molecular weight is 356 g/mol. The summed E-state index contributed by atoms with van der Waals surface area (Å²) in [6.45, 7) is 6.17. The number of rotatable bonds is 5. The van der Waals surface area contributed by atoms with Gasteiger partial charge in [-0.1, -0.05) is 6.08 Å². The number of allylic oxidation sites excluding steroid dienone is 1. The minimum absolute atomic E-state index is 0.0534. The van der Waals surface area contributed by atoms with Crippen molar-refractivity contribution in [2.24, 2.45) is 0 Å². The highest BCUT2D eigenvalue weighted by Gasteiger charge is 2.32. The third-order valence-electron chi connectivity index (χ3n) is 5.28. The number of hydrazine groups is 1. The van der Waals surface area contributed by atoms with Crippen molar-refractivity contribution in [3.8, 4) is 0 Å². The summed E-state index contributed by atoms with van der Waals surface area (Å²) in [6.07, 6.45) is 8.27. The lowest BCUT2D eigenvalue weighted by molar-refractivity contribution is 0.0345. The van der Waals surface area contributed by atoms with Gasteiger partial charge in [0.05, 0.1) is 23.9 Å². The van der Waals surface area contributed by atoms with E-state index in [1.54, 1.807) is 6.33 Å². The average Bonchev–Trinajstić information content (AvgIpc) is 3.28. The molecule has 1 aromatic rings. The van der Waals surface area contributed by atoms with E-state index in [1.165, 1.54) is 5.57 Å². The molecule has 1 saturated heterocycles. The maximum Gasteiger partial charge on any atom is 0.132 e. The molecule has 0 amide bonds. The van der Waals surface area contributed by atoms with Gasteiger partial charge in [-0.05, 0) is 39.0 Å². The molecule has 3 heterocycles. The SMILES string of the molecule is CNC1CCN(c2cc([C@@H]3NNC4=C3C[C@@H](OC(C)C)C=C4)ncn2)C1. The van der Waals surface area contributed by atoms with E-state index in [4.69, 9.17) is 4.74 Å². The first-order valence-corrected chi connectivity index (χ1v) is 9.46. The number of aromatic nitrogens is 2. The maximum absolute atomic E-state index is 5.99. The number of nitrogens with zero attached hydrogens (tertiary/aromatic N) is 3. The van der Waals surface area contributed by atoms with E-state index >= 15 is 0 Å². The van der Waals surface area contributed by atoms with Crippen molar-refractivity contribution in [3.63, 3.8) is 0 Å². The Morgan fingerprint density at radius 1 is 1.35 bits per heavy atom. The van der Waals surface area contributed by atoms with Crippen LogP contribution in [0.3, 0.4) is 0 Å². The Hall–Kier alpha value is -1.96. The van der Waals surface area contributed by atoms with Crippen molar-refractivity contribution in [2.45, 2.75) is 51.0 Å². The third-order valence-corrected chi connectivity index (χ3v) is 5.28. The van der Waals surface area contributed by atoms with E-state index in [-0.39, 0.29) is 18.2 Å². The Kier molecular flexibility index (Phi) is 4.93. The molecular formula is C19H28N6O. The number of likely N-dealkylation sites (N-methyl/N-ethyl adjacent to an activating group) is 1. The molecule has 1 aliphatic carbocycles. The number of anilines is 1. The minimum atomic E-state index is 0.0534. The second-order valence-electron chi connectivity index (χ2n) is 7.45. The van der Waals surface area contributed by atoms with Gasteiger partial charge in [-0.25, -0.2) is 15.4 Å². The Balaban J connectivity index is 1.52. The van der Waals surface area contributed by atoms with Crippen LogP contribution in [-0.4, -0.2) is 48.4 Å². The van der Waals surface area contributed by atoms with Crippen molar-refractivity contribution < 1.29 is 4.74 Å². The van der Waals surface area contributed by atoms with Gasteiger partial charge in [-0.3, -0.25) is 0 Å². The van der Waals surface area contributed by atoms with Gasteiger partial charge < -0.3 is 20.4 Å². The molecule has 2 aliphatic heterocycles. The van der Waals surface area contributed by atoms with Gasteiger partial charge in [0.2, 0.25) is 0 Å². The van der Waals surface area contributed by atoms with E-state index in [2.05, 4.69) is 63.1 Å². The largest absolute Gasteiger partial charge is 0.371 e. The van der Waals surface area contributed by atoms with Crippen molar-refractivity contribution in [1.82, 2.24) is 26.1 Å². The summed E-state index contributed by atoms with van der Waals surface area (Å²) < 4.78 is 5.99. The molecule has 1 aromatic heterocycles. The van der Waals surface area contributed by atoms with Gasteiger partial charge in [-0.15, -0.1) is 0 Å². The van der Waals surface area contributed by atoms with E-state index in [0.29, 0.717) is 6.04 Å². The zero-order valence-electron chi connectivity index (χ0n) is 15.7. The molecule has 0 radical (unpaired) electrons. The van der Waals surface area contributed by atoms with Crippen LogP contribution in [0.2, 0.25) is 0 Å². The topological polar surface area (TPSA) is 74.3 Å². The molecule has 4 rings (SSSR count). The standard InChI is InChI=1S/C19H28N6O/c1-12(2)26-14-4-5-16-15(8-14)19(24-23-16)17-9-18(22-11-21-17)25-7-6-13(10-25)20-3/h4-5,9,11-14,19-20,23-24H,6-8,10H2,1-3H3/t13?,14-,19+/m0/s1. The Bertz CT molecular complexity index is 716. The molecule has 3 atom stereocenters. The first-order chi connectivity index (χ1) is 12.6. The Morgan fingerprint density at radius 3 is 3.00 bits per heavy atom. The molecule has 3 aliphatic rings. The summed E-state index contributed by atoms with van der Waals surface area (Å²) in [6, 6.07) is 2.70. The van der Waals surface area contributed by atoms with Gasteiger partial charge >= 0.3 is 0 Å². The van der Waals surface area contributed by atoms with Gasteiger partial charge in [0.1, 0.15) is 12.1 Å². The number of hydrogen-bond donors (Lipinski definition) is 3. The summed E-state index contributed by atoms with van der Waals surface area (Å²) in [5.41, 5.74) is 10.1. The first kappa shape index (κ1) is 17.5. The highest BCUT2D eigenvalue weighted by molar-refractivity contribution is 5.45. The van der Waals surface area contributed by atoms with Crippen LogP contribution < -0.4 is 21.1 Å². The Labute approximate surface area is 154 Å². The highest BCUT2D eigenvalue weighted by atomic mass is 16.5. The van der Waals surface area contributed by atoms with Crippen LogP contribution in [0.25, 0.3) is 0 Å². The van der Waals surface area contributed by atoms with Crippen LogP contribution in [0.5, 0.6) is 0 Å². The lowest BCUT2D eigenvalue weighted by Crippen LogP contribution is -2.30. The van der Waals surface area contributed by atoms with Crippen molar-refractivity contribution in [1.29, 1.82) is 0 Å². The number of nitrogens with one attached hydrogen (secondary N) is 3. The van der Waals surface area contributed by atoms with Crippen molar-refractivity contribution >= 4 is 5.82 Å². The molecule has 1 fully saturated rings. The number of ether oxygens (including phenoxy) is 1. The van der Waals surface area contributed by atoms with Gasteiger partial charge in [0, 0.05) is 37.3 Å². The molecule has 140 valence electrons. The predicted octanol–water partition coefficient (Wildman–Crippen LogP) is 1.43. The van der Waals surface area contributed by atoms with Crippen LogP contribution in [0.1, 0.15) is 38.4 Å². The van der Waals surface area contributed by atoms with Crippen LogP contribution >= 0.6 is 0 Å². The lowest BCUT2D eigenvalue weighted by Gasteiger charge is -2.24. The summed E-state index contributed by atoms with van der Waals surface area (Å²) in [7, 11) is 2.02. The monoisotopic (exact) mass is 356 g/mol. The molecular weight excluding hydrogens is 328 g/mol. The van der Waals surface area contributed by atoms with Crippen molar-refractivity contribution in [2.75, 3.05) is 25.0 Å². The van der Waals surface area contributed by atoms with E-state index in [0.717, 1.165) is 43.1 Å². The molecule has 7 nitrogen and oxygen atoms in total. The fourth-order valence-electron chi connectivity index (χ4n) is 3.93. The highest BCUT2D eigenvalue weighted by Crippen LogP contribution is 2.34. The predicted molar refractivity (Wildman–Crippen MR) is 102 cm³/mol. The lowest BCUT2D eigenvalue weighted by atomic mass is 9.93. The minimum Gasteiger partial charge on any atom is -0.371 e. The smallest absolute Gasteiger partial charge is 0.132 e. The molecule has 1 unspecified atom stereocenters. The normalized spacial score (nSPS) is 28.0. The van der Waals surface area contributed by atoms with E-state index < -0.39 is 0 Å². The summed E-state index contributed by atoms with van der Waals surface area (Å²) in [5, 5.41) is 3.35. The van der Waals surface area contributed by atoms with Gasteiger partial charge in [0.25, 0.3) is 0 Å². The molecule has 0 bridgehead atoms. The van der Waals surface area contributed by atoms with Crippen LogP contribution in [0.4, 0.5) is 5.82 Å². The second kappa shape index (κ2) is 7.34. The quantitative estimate of drug-likeness (QED) is 0.737. The summed E-state index contributed by atoms with van der Waals surface area (Å²) in [4.78, 5) is 11.4. The van der Waals surface area contributed by atoms with E-state index in [1.807, 2.05) is 7.05 Å². The zero-order valence-corrected chi connectivity index (χ0v) is 15.7. The molecule has 0 saturated carbocycles. The summed E-state index contributed by atoms with van der Waals surface area (Å²) >= 11 is 0. The van der Waals surface area contributed by atoms with Crippen LogP contribution in [0.15, 0.2) is 35.8 Å². The zero-order chi connectivity index (χ0) is 18.1. The summed E-state index contributed by atoms with van der Waals surface area (Å²) in [5.74, 6) is 1.00. The molecule has 0 spiro atoms. The second-order valence-corrected chi connectivity index (χ2v) is 7.45. The fraction of sp³-hybridized carbons (Fsp3) is 0.579. The first-order valence-electron chi connectivity index (χ1n) is 9.46. The molecule has 3 N–H and O–H groups in total. The Morgan fingerprint density at radius 2 is 2.23 bits per heavy atom. The van der Waals surface area contributed by atoms with Crippen LogP contribution in [-0.2, 0) is 4.74 Å². The van der Waals surface area contributed by atoms with Gasteiger partial charge in [0.15, 0.2) is 0 Å². The van der Waals surface area contributed by atoms with Gasteiger partial charge in [-0.2, -0.15) is 0 Å². The van der Waals surface area contributed by atoms with Crippen LogP contribution in [0, 0.1) is 0 Å². The maximum atomic E-state index is 5.99. The number of hydrogen-bond acceptors (Lipinski definition) is 7. The fourth-order valence-corrected chi connectivity index (χ4v) is 3.93. The third kappa shape index (κ3) is 3.47. The molecule has 7 heteroatoms. The van der Waals surface area contributed by atoms with Crippen molar-refractivity contribution in [3.05, 3.63) is 41.5 Å². The molecule has 26 heavy (non-hydrogen) atoms. The molecule has 0 aromatic carbocycles. The van der Waals surface area contributed by atoms with E-state index in [9.17, 15) is 0 Å².